The zero-order valence-electron chi connectivity index (χ0n) is 85.7. The van der Waals surface area contributed by atoms with Crippen molar-refractivity contribution in [2.24, 2.45) is 48.7 Å². The number of aromatic amines is 1. The smallest absolute Gasteiger partial charge is 0.326 e. The molecule has 10 N–H and O–H groups in total. The first-order valence-corrected chi connectivity index (χ1v) is 49.5. The number of hydrogen-bond donors (Lipinski definition) is 10. The summed E-state index contributed by atoms with van der Waals surface area (Å²) in [6.45, 7) is 36.2. The van der Waals surface area contributed by atoms with Gasteiger partial charge in [0.1, 0.15) is 23.3 Å². The van der Waals surface area contributed by atoms with Crippen LogP contribution in [0.2, 0.25) is 0 Å². The minimum Gasteiger partial charge on any atom is -0.361 e. The van der Waals surface area contributed by atoms with E-state index in [0.29, 0.717) is 91.9 Å². The molecule has 12 aromatic rings. The fourth-order valence-corrected chi connectivity index (χ4v) is 23.8. The molecule has 752 valence electrons. The van der Waals surface area contributed by atoms with E-state index in [2.05, 4.69) is 125 Å². The molecular weight excluding hydrogens is 1840 g/mol. The van der Waals surface area contributed by atoms with Gasteiger partial charge in [0.2, 0.25) is 53.2 Å². The average Bonchev–Trinajstić information content (AvgIpc) is 1.34. The highest BCUT2D eigenvalue weighted by Gasteiger charge is 2.66. The van der Waals surface area contributed by atoms with E-state index in [4.69, 9.17) is 15.3 Å². The summed E-state index contributed by atoms with van der Waals surface area (Å²) >= 11 is 1.35. The van der Waals surface area contributed by atoms with E-state index in [-0.39, 0.29) is 95.1 Å². The molecule has 0 radical (unpaired) electrons. The Morgan fingerprint density at radius 2 is 0.708 bits per heavy atom. The van der Waals surface area contributed by atoms with Crippen LogP contribution in [0.25, 0.3) is 50.1 Å². The first-order valence-electron chi connectivity index (χ1n) is 48.6. The molecule has 3 saturated heterocycles. The molecular formula is C110H129N21O12S. The van der Waals surface area contributed by atoms with E-state index < -0.39 is 60.8 Å². The second-order valence-electron chi connectivity index (χ2n) is 45.7. The molecule has 6 unspecified atom stereocenters. The number of thiazole rings is 1. The van der Waals surface area contributed by atoms with Gasteiger partial charge in [-0.15, -0.1) is 11.3 Å². The lowest BCUT2D eigenvalue weighted by atomic mass is 9.51. The number of urea groups is 3. The summed E-state index contributed by atoms with van der Waals surface area (Å²) < 4.78 is 5.07. The van der Waals surface area contributed by atoms with Crippen LogP contribution in [0.1, 0.15) is 216 Å². The standard InChI is InChI=1S/C37H43N7O4S.C37H43N7O4.C36H43N7O4/c1-34(2,3)27-17-28(40-32(48)41-33-39-26(19-49-33)24-11-9-8-10-12-24)44(42-27)25-15-13-23(14-16-25)18-38-29(45)35(4)20-36(5)22-37(6,21-35)31(47)43(7)30(36)46;1-34(2,3)27-18-29(41-33(48)40-28-17-14-24-10-8-9-11-26(24)39-28)44(42-27)25-15-12-23(13-16-25)19-38-30(45)35(4)20-36(5)22-37(6,21-35)32(47)43(7)31(36)46;1-33(2,3)27-17-28(40-32(47)39-24-10-13-26-23(16-24)14-15-37-26)43(41-27)25-11-8-22(9-12-25)18-38-29(44)34(4)19-35(5)21-36(6,20-34)31(46)42(7)30(35)45/h8-17,19H,18,20-22H2,1-7H3,(H,38,45)(H2,39,40,41,48);8-18H,19-22H2,1-7H3,(H,38,45)(H2,39,40,41,48);8-17,37H,18-21H2,1-7H3,(H,38,44)(H2,39,40,47). The Balaban J connectivity index is 0.000000155. The van der Waals surface area contributed by atoms with E-state index in [1.54, 1.807) is 27.2 Å². The molecule has 6 fully saturated rings. The number of pyridine rings is 1. The number of nitrogens with zero attached hydrogens (tertiary/aromatic N) is 11. The number of hydrogen-bond acceptors (Lipinski definition) is 18. The van der Waals surface area contributed by atoms with Crippen LogP contribution in [0.15, 0.2) is 194 Å². The molecule has 3 aliphatic heterocycles. The van der Waals surface area contributed by atoms with Gasteiger partial charge in [-0.2, -0.15) is 15.3 Å². The van der Waals surface area contributed by atoms with Crippen molar-refractivity contribution in [3.63, 3.8) is 0 Å². The largest absolute Gasteiger partial charge is 0.361 e. The number of anilines is 6. The van der Waals surface area contributed by atoms with Gasteiger partial charge in [0, 0.05) is 163 Å². The number of para-hydroxylation sites is 1. The van der Waals surface area contributed by atoms with E-state index in [1.165, 1.54) is 40.1 Å². The van der Waals surface area contributed by atoms with Gasteiger partial charge in [-0.1, -0.05) is 210 Å². The lowest BCUT2D eigenvalue weighted by Gasteiger charge is -2.55. The summed E-state index contributed by atoms with van der Waals surface area (Å²) in [5, 5.41) is 45.4. The van der Waals surface area contributed by atoms with Gasteiger partial charge >= 0.3 is 18.1 Å². The number of benzene rings is 6. The van der Waals surface area contributed by atoms with Crippen molar-refractivity contribution >= 4 is 138 Å². The van der Waals surface area contributed by atoms with Crippen molar-refractivity contribution < 1.29 is 57.5 Å². The maximum absolute atomic E-state index is 13.6. The summed E-state index contributed by atoms with van der Waals surface area (Å²) in [5.74, 6) is 0.119. The Morgan fingerprint density at radius 1 is 0.361 bits per heavy atom. The van der Waals surface area contributed by atoms with Crippen LogP contribution in [0, 0.1) is 48.7 Å². The number of amides is 15. The van der Waals surface area contributed by atoms with Crippen molar-refractivity contribution in [1.82, 2.24) is 74.9 Å². The summed E-state index contributed by atoms with van der Waals surface area (Å²) in [6.07, 6.45) is 5.51. The number of aromatic nitrogens is 9. The molecule has 6 aliphatic rings. The van der Waals surface area contributed by atoms with Gasteiger partial charge < -0.3 is 26.3 Å². The molecule has 6 atom stereocenters. The van der Waals surface area contributed by atoms with Crippen LogP contribution in [0.4, 0.5) is 48.5 Å². The zero-order valence-corrected chi connectivity index (χ0v) is 86.5. The molecule has 15 amide bonds. The molecule has 6 aromatic heterocycles. The lowest BCUT2D eigenvalue weighted by Crippen LogP contribution is -2.63. The minimum atomic E-state index is -0.865. The predicted molar refractivity (Wildman–Crippen MR) is 556 cm³/mol. The maximum Gasteiger partial charge on any atom is 0.326 e. The summed E-state index contributed by atoms with van der Waals surface area (Å²) in [7, 11) is 4.62. The monoisotopic (exact) mass is 1970 g/mol. The number of nitrogens with one attached hydrogen (secondary N) is 10. The minimum absolute atomic E-state index is 0.168. The normalized spacial score (nSPS) is 24.0. The van der Waals surface area contributed by atoms with Gasteiger partial charge in [0.25, 0.3) is 0 Å². The number of likely N-dealkylation sites (tertiary alicyclic amines) is 3. The Labute approximate surface area is 841 Å². The highest BCUT2D eigenvalue weighted by Crippen LogP contribution is 2.62. The second kappa shape index (κ2) is 37.8. The average molecular weight is 1970 g/mol. The number of imide groups is 3. The number of piperidine rings is 3. The summed E-state index contributed by atoms with van der Waals surface area (Å²) in [4.78, 5) is 174. The number of rotatable bonds is 19. The third-order valence-electron chi connectivity index (χ3n) is 29.1. The highest BCUT2D eigenvalue weighted by molar-refractivity contribution is 7.14. The molecule has 6 bridgehead atoms. The second-order valence-corrected chi connectivity index (χ2v) is 46.6. The molecule has 3 aliphatic carbocycles. The SMILES string of the molecule is CN1C(=O)C2(C)CC(C)(C(=O)NCc3ccc(-n4nc(C(C)(C)C)cc4NC(=O)Nc4ccc5[nH]ccc5c4)cc3)CC(C)(C2)C1=O.CN1C(=O)C2(C)CC(C)(C(=O)NCc3ccc(-n4nc(C(C)(C)C)cc4NC(=O)Nc4ccc5ccccc5n4)cc3)CC(C)(C2)C1=O.CN1C(=O)C2(C)CC(C)(C(=O)NCc3ccc(-n4nc(C(C)(C)C)cc4NC(=O)Nc4nc(-c5ccccc5)cs4)cc3)CC(C)(C2)C1=O. The van der Waals surface area contributed by atoms with Crippen LogP contribution >= 0.6 is 11.3 Å². The zero-order chi connectivity index (χ0) is 104. The summed E-state index contributed by atoms with van der Waals surface area (Å²) in [6, 6.07) is 55.8. The van der Waals surface area contributed by atoms with Crippen LogP contribution in [0.5, 0.6) is 0 Å². The molecule has 3 saturated carbocycles. The van der Waals surface area contributed by atoms with E-state index >= 15 is 0 Å². The van der Waals surface area contributed by atoms with Crippen LogP contribution in [-0.4, -0.2) is 151 Å². The van der Waals surface area contributed by atoms with Crippen molar-refractivity contribution in [2.45, 2.75) is 218 Å². The quantitative estimate of drug-likeness (QED) is 0.0336. The summed E-state index contributed by atoms with van der Waals surface area (Å²) in [5.41, 5.74) is 3.43. The van der Waals surface area contributed by atoms with E-state index in [1.807, 2.05) is 250 Å². The van der Waals surface area contributed by atoms with Crippen LogP contribution in [-0.2, 0) is 79.0 Å². The lowest BCUT2D eigenvalue weighted by molar-refractivity contribution is -0.179. The van der Waals surface area contributed by atoms with Gasteiger partial charge in [0.05, 0.1) is 45.4 Å². The molecule has 18 rings (SSSR count). The fourth-order valence-electron chi connectivity index (χ4n) is 23.1. The Morgan fingerprint density at radius 3 is 1.08 bits per heavy atom. The molecule has 9 heterocycles. The van der Waals surface area contributed by atoms with Crippen LogP contribution < -0.4 is 47.9 Å². The van der Waals surface area contributed by atoms with Gasteiger partial charge in [-0.05, 0) is 153 Å². The molecule has 34 heteroatoms. The van der Waals surface area contributed by atoms with Crippen molar-refractivity contribution in [2.75, 3.05) is 53.0 Å². The van der Waals surface area contributed by atoms with E-state index in [9.17, 15) is 57.5 Å². The van der Waals surface area contributed by atoms with Crippen LogP contribution in [0.3, 0.4) is 0 Å². The highest BCUT2D eigenvalue weighted by atomic mass is 32.1. The van der Waals surface area contributed by atoms with Gasteiger partial charge in [-0.25, -0.2) is 38.4 Å². The predicted octanol–water partition coefficient (Wildman–Crippen LogP) is 19.0. The van der Waals surface area contributed by atoms with Crippen molar-refractivity contribution in [3.8, 4) is 28.3 Å². The number of carbonyl (C=O) groups excluding carboxylic acids is 12. The molecule has 33 nitrogen and oxygen atoms in total. The van der Waals surface area contributed by atoms with Crippen molar-refractivity contribution in [1.29, 1.82) is 0 Å². The third-order valence-corrected chi connectivity index (χ3v) is 29.9. The van der Waals surface area contributed by atoms with Crippen molar-refractivity contribution in [3.05, 3.63) is 227 Å². The Kier molecular flexibility index (Phi) is 26.8. The van der Waals surface area contributed by atoms with Gasteiger partial charge in [-0.3, -0.25) is 84.4 Å². The number of H-pyrrole nitrogens is 1. The van der Waals surface area contributed by atoms with Gasteiger partial charge in [0.15, 0.2) is 5.13 Å². The maximum atomic E-state index is 13.6. The Hall–Kier alpha value is -14.8. The van der Waals surface area contributed by atoms with E-state index in [0.717, 1.165) is 83.9 Å². The first-order chi connectivity index (χ1) is 67.5. The topological polar surface area (TPSA) is 418 Å². The number of carbonyl (C=O) groups is 12. The first kappa shape index (κ1) is 102. The molecule has 0 spiro atoms. The molecule has 6 aromatic carbocycles. The fraction of sp³-hybridized carbons (Fsp3) is 0.409. The third kappa shape index (κ3) is 20.8. The number of fused-ring (bicyclic) bond motifs is 8. The molecule has 144 heavy (non-hydrogen) atoms. The Bertz CT molecular complexity index is 7010.